The van der Waals surface area contributed by atoms with E-state index in [2.05, 4.69) is 42.2 Å². The van der Waals surface area contributed by atoms with Crippen molar-refractivity contribution < 1.29 is 4.79 Å². The molecule has 4 nitrogen and oxygen atoms in total. The number of nitrogens with two attached hydrogens (primary N) is 1. The molecule has 1 heterocycles. The van der Waals surface area contributed by atoms with Gasteiger partial charge in [0.2, 0.25) is 5.91 Å². The number of anilines is 1. The summed E-state index contributed by atoms with van der Waals surface area (Å²) < 4.78 is 1.72. The summed E-state index contributed by atoms with van der Waals surface area (Å²) in [4.78, 5) is 15.6. The van der Waals surface area contributed by atoms with E-state index in [4.69, 9.17) is 5.73 Å². The van der Waals surface area contributed by atoms with Crippen molar-refractivity contribution in [3.63, 3.8) is 0 Å². The lowest BCUT2D eigenvalue weighted by atomic mass is 10.1. The SMILES string of the molecule is NC(=O)C(Nc1cccc(Br)c1)c1cncc(Br)c1. The van der Waals surface area contributed by atoms with Crippen molar-refractivity contribution in [1.29, 1.82) is 0 Å². The molecule has 1 amide bonds. The first-order valence-electron chi connectivity index (χ1n) is 5.48. The highest BCUT2D eigenvalue weighted by Gasteiger charge is 2.18. The van der Waals surface area contributed by atoms with Gasteiger partial charge < -0.3 is 11.1 Å². The summed E-state index contributed by atoms with van der Waals surface area (Å²) in [6.45, 7) is 0. The van der Waals surface area contributed by atoms with Gasteiger partial charge in [-0.15, -0.1) is 0 Å². The Balaban J connectivity index is 2.29. The second kappa shape index (κ2) is 6.16. The predicted molar refractivity (Wildman–Crippen MR) is 81.6 cm³/mol. The van der Waals surface area contributed by atoms with E-state index in [1.807, 2.05) is 30.3 Å². The molecule has 0 fully saturated rings. The molecule has 0 saturated carbocycles. The van der Waals surface area contributed by atoms with Crippen LogP contribution in [0.15, 0.2) is 51.7 Å². The fraction of sp³-hybridized carbons (Fsp3) is 0.0769. The van der Waals surface area contributed by atoms with Gasteiger partial charge in [0.05, 0.1) is 0 Å². The summed E-state index contributed by atoms with van der Waals surface area (Å²) in [5, 5.41) is 3.10. The lowest BCUT2D eigenvalue weighted by Gasteiger charge is -2.17. The van der Waals surface area contributed by atoms with Crippen molar-refractivity contribution in [1.82, 2.24) is 4.98 Å². The zero-order valence-electron chi connectivity index (χ0n) is 9.81. The maximum atomic E-state index is 11.6. The molecule has 98 valence electrons. The number of hydrogen-bond donors (Lipinski definition) is 2. The van der Waals surface area contributed by atoms with Gasteiger partial charge in [-0.2, -0.15) is 0 Å². The average Bonchev–Trinajstić information content (AvgIpc) is 2.35. The van der Waals surface area contributed by atoms with Gasteiger partial charge in [0, 0.05) is 32.6 Å². The van der Waals surface area contributed by atoms with Crippen LogP contribution in [-0.4, -0.2) is 10.9 Å². The minimum absolute atomic E-state index is 0.458. The van der Waals surface area contributed by atoms with Gasteiger partial charge in [-0.3, -0.25) is 9.78 Å². The van der Waals surface area contributed by atoms with E-state index in [1.54, 1.807) is 12.4 Å². The summed E-state index contributed by atoms with van der Waals surface area (Å²) >= 11 is 6.71. The number of benzene rings is 1. The van der Waals surface area contributed by atoms with Crippen LogP contribution in [0, 0.1) is 0 Å². The average molecular weight is 385 g/mol. The van der Waals surface area contributed by atoms with E-state index in [9.17, 15) is 4.79 Å². The molecule has 1 aromatic heterocycles. The van der Waals surface area contributed by atoms with E-state index in [0.29, 0.717) is 5.56 Å². The molecule has 2 aromatic rings. The van der Waals surface area contributed by atoms with Crippen molar-refractivity contribution in [2.75, 3.05) is 5.32 Å². The third-order valence-electron chi connectivity index (χ3n) is 2.48. The highest BCUT2D eigenvalue weighted by atomic mass is 79.9. The summed E-state index contributed by atoms with van der Waals surface area (Å²) in [6, 6.07) is 8.72. The van der Waals surface area contributed by atoms with Gasteiger partial charge in [-0.25, -0.2) is 0 Å². The molecule has 6 heteroatoms. The van der Waals surface area contributed by atoms with E-state index < -0.39 is 11.9 Å². The highest BCUT2D eigenvalue weighted by Crippen LogP contribution is 2.23. The number of rotatable bonds is 4. The lowest BCUT2D eigenvalue weighted by Crippen LogP contribution is -2.27. The third kappa shape index (κ3) is 3.78. The Bertz CT molecular complexity index is 604. The van der Waals surface area contributed by atoms with Crippen LogP contribution in [-0.2, 0) is 4.79 Å². The molecule has 0 radical (unpaired) electrons. The molecule has 0 aliphatic heterocycles. The maximum Gasteiger partial charge on any atom is 0.244 e. The van der Waals surface area contributed by atoms with Gasteiger partial charge in [0.25, 0.3) is 0 Å². The smallest absolute Gasteiger partial charge is 0.244 e. The molecular weight excluding hydrogens is 374 g/mol. The van der Waals surface area contributed by atoms with Gasteiger partial charge in [-0.05, 0) is 40.2 Å². The molecule has 2 rings (SSSR count). The quantitative estimate of drug-likeness (QED) is 0.850. The normalized spacial score (nSPS) is 11.9. The molecule has 1 unspecified atom stereocenters. The first kappa shape index (κ1) is 14.0. The Morgan fingerprint density at radius 1 is 1.21 bits per heavy atom. The second-order valence-electron chi connectivity index (χ2n) is 3.93. The van der Waals surface area contributed by atoms with Gasteiger partial charge in [0.15, 0.2) is 0 Å². The minimum atomic E-state index is -0.626. The van der Waals surface area contributed by atoms with Gasteiger partial charge in [0.1, 0.15) is 6.04 Å². The van der Waals surface area contributed by atoms with Crippen LogP contribution in [0.3, 0.4) is 0 Å². The zero-order chi connectivity index (χ0) is 13.8. The number of halogens is 2. The number of carbonyl (C=O) groups excluding carboxylic acids is 1. The number of pyridine rings is 1. The fourth-order valence-electron chi connectivity index (χ4n) is 1.65. The van der Waals surface area contributed by atoms with E-state index in [0.717, 1.165) is 14.6 Å². The molecule has 3 N–H and O–H groups in total. The Morgan fingerprint density at radius 3 is 2.63 bits per heavy atom. The summed E-state index contributed by atoms with van der Waals surface area (Å²) in [7, 11) is 0. The van der Waals surface area contributed by atoms with Crippen LogP contribution < -0.4 is 11.1 Å². The van der Waals surface area contributed by atoms with E-state index >= 15 is 0 Å². The molecule has 0 saturated heterocycles. The molecule has 0 aliphatic rings. The second-order valence-corrected chi connectivity index (χ2v) is 5.76. The Labute approximate surface area is 127 Å². The Kier molecular flexibility index (Phi) is 4.55. The van der Waals surface area contributed by atoms with Crippen molar-refractivity contribution in [3.8, 4) is 0 Å². The standard InChI is InChI=1S/C13H11Br2N3O/c14-9-2-1-3-11(5-9)18-12(13(16)19)8-4-10(15)7-17-6-8/h1-7,12,18H,(H2,16,19). The lowest BCUT2D eigenvalue weighted by molar-refractivity contribution is -0.118. The minimum Gasteiger partial charge on any atom is -0.370 e. The Morgan fingerprint density at radius 2 is 2.00 bits per heavy atom. The Hall–Kier alpha value is -1.40. The first-order valence-corrected chi connectivity index (χ1v) is 7.07. The van der Waals surface area contributed by atoms with Crippen LogP contribution in [0.2, 0.25) is 0 Å². The number of carbonyl (C=O) groups is 1. The van der Waals surface area contributed by atoms with Crippen LogP contribution in [0.5, 0.6) is 0 Å². The largest absolute Gasteiger partial charge is 0.370 e. The van der Waals surface area contributed by atoms with Crippen LogP contribution in [0.25, 0.3) is 0 Å². The first-order chi connectivity index (χ1) is 9.06. The number of primary amides is 1. The zero-order valence-corrected chi connectivity index (χ0v) is 13.0. The number of hydrogen-bond acceptors (Lipinski definition) is 3. The van der Waals surface area contributed by atoms with Crippen LogP contribution in [0.4, 0.5) is 5.69 Å². The molecule has 1 aromatic carbocycles. The predicted octanol–water partition coefficient (Wildman–Crippen LogP) is 3.25. The molecule has 0 bridgehead atoms. The molecule has 0 aliphatic carbocycles. The number of nitrogens with one attached hydrogen (secondary N) is 1. The van der Waals surface area contributed by atoms with Crippen molar-refractivity contribution in [2.24, 2.45) is 5.73 Å². The summed E-state index contributed by atoms with van der Waals surface area (Å²) in [5.41, 5.74) is 6.96. The molecule has 19 heavy (non-hydrogen) atoms. The maximum absolute atomic E-state index is 11.6. The summed E-state index contributed by atoms with van der Waals surface area (Å²) in [5.74, 6) is -0.458. The summed E-state index contributed by atoms with van der Waals surface area (Å²) in [6.07, 6.45) is 3.27. The molecule has 1 atom stereocenters. The van der Waals surface area contributed by atoms with E-state index in [-0.39, 0.29) is 0 Å². The number of amides is 1. The monoisotopic (exact) mass is 383 g/mol. The van der Waals surface area contributed by atoms with Crippen molar-refractivity contribution in [3.05, 3.63) is 57.2 Å². The third-order valence-corrected chi connectivity index (χ3v) is 3.41. The van der Waals surface area contributed by atoms with Gasteiger partial charge >= 0.3 is 0 Å². The number of aromatic nitrogens is 1. The van der Waals surface area contributed by atoms with Crippen molar-refractivity contribution in [2.45, 2.75) is 6.04 Å². The van der Waals surface area contributed by atoms with E-state index in [1.165, 1.54) is 0 Å². The molecular formula is C13H11Br2N3O. The van der Waals surface area contributed by atoms with Crippen LogP contribution in [0.1, 0.15) is 11.6 Å². The topological polar surface area (TPSA) is 68.0 Å². The highest BCUT2D eigenvalue weighted by molar-refractivity contribution is 9.10. The fourth-order valence-corrected chi connectivity index (χ4v) is 2.43. The van der Waals surface area contributed by atoms with Crippen LogP contribution >= 0.6 is 31.9 Å². The van der Waals surface area contributed by atoms with Gasteiger partial charge in [-0.1, -0.05) is 22.0 Å². The number of nitrogens with zero attached hydrogens (tertiary/aromatic N) is 1. The molecule has 0 spiro atoms. The van der Waals surface area contributed by atoms with Crippen molar-refractivity contribution >= 4 is 43.5 Å².